The van der Waals surface area contributed by atoms with Crippen molar-refractivity contribution in [3.05, 3.63) is 134 Å². The molecule has 0 radical (unpaired) electrons. The van der Waals surface area contributed by atoms with Gasteiger partial charge in [0.25, 0.3) is 5.56 Å². The maximum Gasteiger partial charge on any atom is 0.416 e. The maximum atomic E-state index is 14.0. The van der Waals surface area contributed by atoms with Crippen LogP contribution in [-0.2, 0) is 25.7 Å². The van der Waals surface area contributed by atoms with Crippen molar-refractivity contribution in [1.29, 1.82) is 0 Å². The number of aromatic nitrogens is 2. The Morgan fingerprint density at radius 1 is 0.973 bits per heavy atom. The summed E-state index contributed by atoms with van der Waals surface area (Å²) in [5, 5.41) is 0.270. The van der Waals surface area contributed by atoms with Crippen LogP contribution in [0.4, 0.5) is 13.2 Å². The van der Waals surface area contributed by atoms with Gasteiger partial charge in [0.2, 0.25) is 0 Å². The number of hydrogen-bond donors (Lipinski definition) is 0. The van der Waals surface area contributed by atoms with Crippen LogP contribution in [0.2, 0.25) is 5.02 Å². The van der Waals surface area contributed by atoms with Gasteiger partial charge in [-0.05, 0) is 41.8 Å². The second kappa shape index (κ2) is 10.1. The van der Waals surface area contributed by atoms with Gasteiger partial charge in [0.1, 0.15) is 5.82 Å². The molecule has 0 aliphatic carbocycles. The van der Waals surface area contributed by atoms with E-state index in [-0.39, 0.29) is 29.7 Å². The lowest BCUT2D eigenvalue weighted by molar-refractivity contribution is -0.137. The summed E-state index contributed by atoms with van der Waals surface area (Å²) in [4.78, 5) is 20.8. The van der Waals surface area contributed by atoms with Crippen LogP contribution in [0.3, 0.4) is 0 Å². The highest BCUT2D eigenvalue weighted by atomic mass is 35.5. The lowest BCUT2D eigenvalue weighted by atomic mass is 9.97. The Kier molecular flexibility index (Phi) is 6.92. The molecule has 1 aliphatic rings. The fourth-order valence-electron chi connectivity index (χ4n) is 4.98. The number of aryl methyl sites for hydroxylation is 1. The molecular weight excluding hydrogens is 499 g/mol. The van der Waals surface area contributed by atoms with Crippen LogP contribution in [0.1, 0.15) is 45.4 Å². The van der Waals surface area contributed by atoms with E-state index in [9.17, 15) is 18.0 Å². The van der Waals surface area contributed by atoms with Gasteiger partial charge in [0.05, 0.1) is 22.9 Å². The molecule has 1 aromatic heterocycles. The van der Waals surface area contributed by atoms with Crippen molar-refractivity contribution in [2.75, 3.05) is 6.54 Å². The first-order chi connectivity index (χ1) is 17.7. The van der Waals surface area contributed by atoms with Gasteiger partial charge in [0, 0.05) is 31.1 Å². The lowest BCUT2D eigenvalue weighted by Crippen LogP contribution is -2.40. The fourth-order valence-corrected chi connectivity index (χ4v) is 5.16. The summed E-state index contributed by atoms with van der Waals surface area (Å²) in [5.41, 5.74) is 2.74. The van der Waals surface area contributed by atoms with Crippen LogP contribution in [0.25, 0.3) is 0 Å². The summed E-state index contributed by atoms with van der Waals surface area (Å²) in [5.74, 6) is 0.621. The minimum atomic E-state index is -4.45. The van der Waals surface area contributed by atoms with Gasteiger partial charge in [-0.25, -0.2) is 4.98 Å². The van der Waals surface area contributed by atoms with Gasteiger partial charge < -0.3 is 0 Å². The predicted molar refractivity (Wildman–Crippen MR) is 138 cm³/mol. The standard InChI is InChI=1S/C29H25ClF3N3O/c1-19-34-26-14-15-35(17-22-16-23(29(31,32)33)12-13-25(22)30)18-24(26)28(37)36(19)27(20-8-4-2-5-9-20)21-10-6-3-7-11-21/h2-13,16,27H,14-15,17-18H2,1H3. The van der Waals surface area contributed by atoms with E-state index in [2.05, 4.69) is 0 Å². The Bertz CT molecular complexity index is 1430. The van der Waals surface area contributed by atoms with E-state index >= 15 is 0 Å². The van der Waals surface area contributed by atoms with Crippen LogP contribution < -0.4 is 5.56 Å². The molecule has 0 fully saturated rings. The third-order valence-corrected chi connectivity index (χ3v) is 7.14. The molecule has 5 rings (SSSR count). The predicted octanol–water partition coefficient (Wildman–Crippen LogP) is 6.42. The Morgan fingerprint density at radius 2 is 1.59 bits per heavy atom. The van der Waals surface area contributed by atoms with Gasteiger partial charge in [-0.2, -0.15) is 13.2 Å². The zero-order valence-electron chi connectivity index (χ0n) is 20.2. The molecule has 8 heteroatoms. The minimum absolute atomic E-state index is 0.139. The second-order valence-electron chi connectivity index (χ2n) is 9.25. The number of nitrogens with zero attached hydrogens (tertiary/aromatic N) is 3. The molecule has 0 atom stereocenters. The molecule has 0 spiro atoms. The van der Waals surface area contributed by atoms with Gasteiger partial charge in [-0.15, -0.1) is 0 Å². The molecule has 4 aromatic rings. The normalized spacial score (nSPS) is 14.1. The molecule has 0 saturated carbocycles. The van der Waals surface area contributed by atoms with Gasteiger partial charge in [-0.1, -0.05) is 72.3 Å². The van der Waals surface area contributed by atoms with Crippen LogP contribution in [0.5, 0.6) is 0 Å². The summed E-state index contributed by atoms with van der Waals surface area (Å²) in [6.07, 6.45) is -3.92. The monoisotopic (exact) mass is 523 g/mol. The number of rotatable bonds is 5. The maximum absolute atomic E-state index is 14.0. The van der Waals surface area contributed by atoms with Crippen molar-refractivity contribution in [3.63, 3.8) is 0 Å². The van der Waals surface area contributed by atoms with E-state index in [4.69, 9.17) is 16.6 Å². The average Bonchev–Trinajstić information content (AvgIpc) is 2.88. The van der Waals surface area contributed by atoms with Gasteiger partial charge in [-0.3, -0.25) is 14.3 Å². The van der Waals surface area contributed by atoms with Crippen LogP contribution in [-0.4, -0.2) is 21.0 Å². The summed E-state index contributed by atoms with van der Waals surface area (Å²) in [6, 6.07) is 22.6. The van der Waals surface area contributed by atoms with Crippen LogP contribution in [0, 0.1) is 6.92 Å². The van der Waals surface area contributed by atoms with Crippen molar-refractivity contribution >= 4 is 11.6 Å². The average molecular weight is 524 g/mol. The van der Waals surface area contributed by atoms with Gasteiger partial charge in [0.15, 0.2) is 0 Å². The molecule has 2 heterocycles. The Labute approximate surface area is 218 Å². The van der Waals surface area contributed by atoms with Gasteiger partial charge >= 0.3 is 6.18 Å². The lowest BCUT2D eigenvalue weighted by Gasteiger charge is -2.30. The van der Waals surface area contributed by atoms with E-state index in [0.717, 1.165) is 29.0 Å². The number of hydrogen-bond acceptors (Lipinski definition) is 3. The Hall–Kier alpha value is -3.42. The number of alkyl halides is 3. The molecule has 0 saturated heterocycles. The third-order valence-electron chi connectivity index (χ3n) is 6.77. The molecule has 3 aromatic carbocycles. The zero-order valence-corrected chi connectivity index (χ0v) is 20.9. The topological polar surface area (TPSA) is 38.1 Å². The molecule has 1 aliphatic heterocycles. The van der Waals surface area contributed by atoms with E-state index in [1.165, 1.54) is 6.07 Å². The quantitative estimate of drug-likeness (QED) is 0.303. The minimum Gasteiger partial charge on any atom is -0.294 e. The Balaban J connectivity index is 1.53. The molecule has 4 nitrogen and oxygen atoms in total. The summed E-state index contributed by atoms with van der Waals surface area (Å²) in [7, 11) is 0. The van der Waals surface area contributed by atoms with Crippen molar-refractivity contribution < 1.29 is 13.2 Å². The summed E-state index contributed by atoms with van der Waals surface area (Å²) in [6.45, 7) is 2.90. The first kappa shape index (κ1) is 25.2. The number of fused-ring (bicyclic) bond motifs is 1. The van der Waals surface area contributed by atoms with Crippen LogP contribution in [0.15, 0.2) is 83.7 Å². The van der Waals surface area contributed by atoms with Crippen LogP contribution >= 0.6 is 11.6 Å². The number of halogens is 4. The zero-order chi connectivity index (χ0) is 26.2. The first-order valence-corrected chi connectivity index (χ1v) is 12.4. The molecular formula is C29H25ClF3N3O. The molecule has 0 amide bonds. The van der Waals surface area contributed by atoms with Crippen molar-refractivity contribution in [2.45, 2.75) is 38.7 Å². The highest BCUT2D eigenvalue weighted by Gasteiger charge is 2.32. The smallest absolute Gasteiger partial charge is 0.294 e. The van der Waals surface area contributed by atoms with E-state index in [1.54, 1.807) is 4.57 Å². The molecule has 37 heavy (non-hydrogen) atoms. The van der Waals surface area contributed by atoms with Crippen molar-refractivity contribution in [1.82, 2.24) is 14.5 Å². The van der Waals surface area contributed by atoms with Crippen molar-refractivity contribution in [3.8, 4) is 0 Å². The second-order valence-corrected chi connectivity index (χ2v) is 9.66. The summed E-state index contributed by atoms with van der Waals surface area (Å²) >= 11 is 6.25. The third kappa shape index (κ3) is 5.20. The molecule has 0 bridgehead atoms. The SMILES string of the molecule is Cc1nc2c(c(=O)n1C(c1ccccc1)c1ccccc1)CN(Cc1cc(C(F)(F)F)ccc1Cl)CC2. The largest absolute Gasteiger partial charge is 0.416 e. The summed E-state index contributed by atoms with van der Waals surface area (Å²) < 4.78 is 41.5. The van der Waals surface area contributed by atoms with E-state index in [0.29, 0.717) is 29.9 Å². The van der Waals surface area contributed by atoms with E-state index < -0.39 is 11.7 Å². The highest BCUT2D eigenvalue weighted by Crippen LogP contribution is 2.33. The molecule has 190 valence electrons. The Morgan fingerprint density at radius 3 is 2.19 bits per heavy atom. The van der Waals surface area contributed by atoms with E-state index in [1.807, 2.05) is 72.5 Å². The van der Waals surface area contributed by atoms with Crippen molar-refractivity contribution in [2.24, 2.45) is 0 Å². The number of benzene rings is 3. The highest BCUT2D eigenvalue weighted by molar-refractivity contribution is 6.31. The molecule has 0 unspecified atom stereocenters. The molecule has 0 N–H and O–H groups in total. The fraction of sp³-hybridized carbons (Fsp3) is 0.241. The first-order valence-electron chi connectivity index (χ1n) is 12.0.